The van der Waals surface area contributed by atoms with Gasteiger partial charge in [0.05, 0.1) is 13.7 Å². The fraction of sp³-hybridized carbons (Fsp3) is 0.333. The second-order valence-corrected chi connectivity index (χ2v) is 6.02. The lowest BCUT2D eigenvalue weighted by atomic mass is 10.2. The number of hydrogen-bond acceptors (Lipinski definition) is 3. The zero-order chi connectivity index (χ0) is 15.9. The standard InChI is InChI=1S/C18H22BrNO2/c1-4-9-22-18-11-16(19)14(10-17(18)21-3)12-20-15-7-5-13(2)6-8-15/h5-8,10-11,20H,4,9,12H2,1-3H3. The maximum Gasteiger partial charge on any atom is 0.162 e. The van der Waals surface area contributed by atoms with Crippen molar-refractivity contribution in [1.29, 1.82) is 0 Å². The first-order valence-electron chi connectivity index (χ1n) is 7.43. The fourth-order valence-electron chi connectivity index (χ4n) is 2.07. The van der Waals surface area contributed by atoms with E-state index >= 15 is 0 Å². The molecule has 0 fully saturated rings. The van der Waals surface area contributed by atoms with Crippen LogP contribution in [0.2, 0.25) is 0 Å². The number of hydrogen-bond donors (Lipinski definition) is 1. The van der Waals surface area contributed by atoms with Crippen LogP contribution in [0.5, 0.6) is 11.5 Å². The molecule has 0 saturated carbocycles. The van der Waals surface area contributed by atoms with Crippen LogP contribution in [-0.2, 0) is 6.54 Å². The van der Waals surface area contributed by atoms with E-state index in [1.807, 2.05) is 12.1 Å². The van der Waals surface area contributed by atoms with Gasteiger partial charge in [-0.3, -0.25) is 0 Å². The summed E-state index contributed by atoms with van der Waals surface area (Å²) in [6, 6.07) is 12.3. The van der Waals surface area contributed by atoms with E-state index in [1.165, 1.54) is 5.56 Å². The molecule has 0 atom stereocenters. The molecule has 3 nitrogen and oxygen atoms in total. The Balaban J connectivity index is 2.11. The Morgan fingerprint density at radius 2 is 1.82 bits per heavy atom. The third kappa shape index (κ3) is 4.41. The molecule has 2 aromatic rings. The highest BCUT2D eigenvalue weighted by molar-refractivity contribution is 9.10. The smallest absolute Gasteiger partial charge is 0.162 e. The molecule has 0 aliphatic heterocycles. The molecule has 0 aliphatic rings. The number of ether oxygens (including phenoxy) is 2. The van der Waals surface area contributed by atoms with E-state index in [4.69, 9.17) is 9.47 Å². The summed E-state index contributed by atoms with van der Waals surface area (Å²) in [5, 5.41) is 3.42. The summed E-state index contributed by atoms with van der Waals surface area (Å²) in [4.78, 5) is 0. The van der Waals surface area contributed by atoms with Crippen molar-refractivity contribution in [3.05, 3.63) is 52.0 Å². The zero-order valence-electron chi connectivity index (χ0n) is 13.3. The van der Waals surface area contributed by atoms with Gasteiger partial charge in [-0.2, -0.15) is 0 Å². The van der Waals surface area contributed by atoms with E-state index in [0.717, 1.165) is 33.6 Å². The van der Waals surface area contributed by atoms with Crippen LogP contribution in [0.15, 0.2) is 40.9 Å². The summed E-state index contributed by atoms with van der Waals surface area (Å²) in [6.07, 6.45) is 0.970. The quantitative estimate of drug-likeness (QED) is 0.736. The van der Waals surface area contributed by atoms with E-state index in [2.05, 4.69) is 59.4 Å². The van der Waals surface area contributed by atoms with Crippen molar-refractivity contribution >= 4 is 21.6 Å². The van der Waals surface area contributed by atoms with Crippen LogP contribution in [0.3, 0.4) is 0 Å². The first-order valence-corrected chi connectivity index (χ1v) is 8.23. The van der Waals surface area contributed by atoms with Gasteiger partial charge in [-0.1, -0.05) is 40.5 Å². The van der Waals surface area contributed by atoms with Crippen LogP contribution in [0.25, 0.3) is 0 Å². The van der Waals surface area contributed by atoms with Crippen LogP contribution in [0.1, 0.15) is 24.5 Å². The first kappa shape index (κ1) is 16.7. The second-order valence-electron chi connectivity index (χ2n) is 5.16. The Labute approximate surface area is 140 Å². The van der Waals surface area contributed by atoms with Gasteiger partial charge >= 0.3 is 0 Å². The number of methoxy groups -OCH3 is 1. The first-order chi connectivity index (χ1) is 10.6. The molecule has 0 aromatic heterocycles. The number of benzene rings is 2. The lowest BCUT2D eigenvalue weighted by Crippen LogP contribution is -2.03. The number of aryl methyl sites for hydroxylation is 1. The molecule has 118 valence electrons. The number of rotatable bonds is 7. The maximum absolute atomic E-state index is 5.71. The van der Waals surface area contributed by atoms with Gasteiger partial charge in [0.15, 0.2) is 11.5 Å². The van der Waals surface area contributed by atoms with E-state index < -0.39 is 0 Å². The minimum Gasteiger partial charge on any atom is -0.493 e. The predicted octanol–water partition coefficient (Wildman–Crippen LogP) is 5.17. The molecule has 0 spiro atoms. The van der Waals surface area contributed by atoms with E-state index in [1.54, 1.807) is 7.11 Å². The molecule has 2 rings (SSSR count). The van der Waals surface area contributed by atoms with Gasteiger partial charge < -0.3 is 14.8 Å². The van der Waals surface area contributed by atoms with Gasteiger partial charge in [0.1, 0.15) is 0 Å². The molecule has 0 heterocycles. The van der Waals surface area contributed by atoms with Gasteiger partial charge in [-0.25, -0.2) is 0 Å². The molecular formula is C18H22BrNO2. The van der Waals surface area contributed by atoms with Gasteiger partial charge in [0, 0.05) is 16.7 Å². The van der Waals surface area contributed by atoms with Crippen molar-refractivity contribution in [2.45, 2.75) is 26.8 Å². The summed E-state index contributed by atoms with van der Waals surface area (Å²) in [5.74, 6) is 1.53. The number of nitrogens with one attached hydrogen (secondary N) is 1. The summed E-state index contributed by atoms with van der Waals surface area (Å²) in [5.41, 5.74) is 3.48. The van der Waals surface area contributed by atoms with Crippen LogP contribution in [0.4, 0.5) is 5.69 Å². The molecule has 2 aromatic carbocycles. The maximum atomic E-state index is 5.71. The highest BCUT2D eigenvalue weighted by Gasteiger charge is 2.10. The molecule has 4 heteroatoms. The molecule has 0 aliphatic carbocycles. The Morgan fingerprint density at radius 3 is 2.45 bits per heavy atom. The van der Waals surface area contributed by atoms with Crippen LogP contribution >= 0.6 is 15.9 Å². The molecule has 0 amide bonds. The highest BCUT2D eigenvalue weighted by Crippen LogP contribution is 2.34. The van der Waals surface area contributed by atoms with Crippen LogP contribution < -0.4 is 14.8 Å². The normalized spacial score (nSPS) is 10.4. The van der Waals surface area contributed by atoms with Crippen molar-refractivity contribution in [2.75, 3.05) is 19.0 Å². The minimum atomic E-state index is 0.684. The molecule has 1 N–H and O–H groups in total. The summed E-state index contributed by atoms with van der Waals surface area (Å²) < 4.78 is 12.2. The Hall–Kier alpha value is -1.68. The van der Waals surface area contributed by atoms with Crippen LogP contribution in [0, 0.1) is 6.92 Å². The van der Waals surface area contributed by atoms with Crippen molar-refractivity contribution < 1.29 is 9.47 Å². The average molecular weight is 364 g/mol. The van der Waals surface area contributed by atoms with E-state index in [9.17, 15) is 0 Å². The van der Waals surface area contributed by atoms with Crippen molar-refractivity contribution in [1.82, 2.24) is 0 Å². The zero-order valence-corrected chi connectivity index (χ0v) is 14.9. The summed E-state index contributed by atoms with van der Waals surface area (Å²) in [7, 11) is 1.67. The highest BCUT2D eigenvalue weighted by atomic mass is 79.9. The van der Waals surface area contributed by atoms with Crippen LogP contribution in [-0.4, -0.2) is 13.7 Å². The molecule has 22 heavy (non-hydrogen) atoms. The molecule has 0 radical (unpaired) electrons. The Bertz CT molecular complexity index is 611. The van der Waals surface area contributed by atoms with Gasteiger partial charge in [-0.05, 0) is 43.2 Å². The largest absolute Gasteiger partial charge is 0.493 e. The second kappa shape index (κ2) is 8.08. The predicted molar refractivity (Wildman–Crippen MR) is 95.0 cm³/mol. The van der Waals surface area contributed by atoms with Gasteiger partial charge in [0.25, 0.3) is 0 Å². The average Bonchev–Trinajstić information content (AvgIpc) is 2.53. The third-order valence-corrected chi connectivity index (χ3v) is 4.07. The third-order valence-electron chi connectivity index (χ3n) is 3.33. The molecule has 0 saturated heterocycles. The Kier molecular flexibility index (Phi) is 6.13. The summed E-state index contributed by atoms with van der Waals surface area (Å²) in [6.45, 7) is 5.57. The van der Waals surface area contributed by atoms with Crippen molar-refractivity contribution in [2.24, 2.45) is 0 Å². The molecular weight excluding hydrogens is 342 g/mol. The van der Waals surface area contributed by atoms with E-state index in [0.29, 0.717) is 13.2 Å². The van der Waals surface area contributed by atoms with Crippen molar-refractivity contribution in [3.8, 4) is 11.5 Å². The summed E-state index contributed by atoms with van der Waals surface area (Å²) >= 11 is 3.61. The fourth-order valence-corrected chi connectivity index (χ4v) is 2.53. The van der Waals surface area contributed by atoms with Gasteiger partial charge in [0.2, 0.25) is 0 Å². The molecule has 0 unspecified atom stereocenters. The van der Waals surface area contributed by atoms with Gasteiger partial charge in [-0.15, -0.1) is 0 Å². The molecule has 0 bridgehead atoms. The Morgan fingerprint density at radius 1 is 1.09 bits per heavy atom. The number of halogens is 1. The van der Waals surface area contributed by atoms with E-state index in [-0.39, 0.29) is 0 Å². The van der Waals surface area contributed by atoms with Crippen molar-refractivity contribution in [3.63, 3.8) is 0 Å². The number of anilines is 1. The lowest BCUT2D eigenvalue weighted by Gasteiger charge is -2.14. The lowest BCUT2D eigenvalue weighted by molar-refractivity contribution is 0.294. The topological polar surface area (TPSA) is 30.5 Å². The minimum absolute atomic E-state index is 0.684. The SMILES string of the molecule is CCCOc1cc(Br)c(CNc2ccc(C)cc2)cc1OC. The monoisotopic (exact) mass is 363 g/mol.